The van der Waals surface area contributed by atoms with E-state index in [1.165, 1.54) is 0 Å². The van der Waals surface area contributed by atoms with Crippen molar-refractivity contribution in [2.24, 2.45) is 0 Å². The lowest BCUT2D eigenvalue weighted by atomic mass is 10.2. The van der Waals surface area contributed by atoms with Crippen LogP contribution in [0.15, 0.2) is 36.7 Å². The maximum Gasteiger partial charge on any atom is 0.225 e. The van der Waals surface area contributed by atoms with E-state index in [9.17, 15) is 4.79 Å². The summed E-state index contributed by atoms with van der Waals surface area (Å²) >= 11 is 1.90. The first-order valence-corrected chi connectivity index (χ1v) is 8.17. The fourth-order valence-electron chi connectivity index (χ4n) is 2.32. The van der Waals surface area contributed by atoms with Gasteiger partial charge in [-0.25, -0.2) is 4.98 Å². The molecule has 0 bridgehead atoms. The molecule has 3 rings (SSSR count). The largest absolute Gasteiger partial charge is 0.345 e. The zero-order chi connectivity index (χ0) is 14.5. The van der Waals surface area contributed by atoms with E-state index in [2.05, 4.69) is 20.6 Å². The van der Waals surface area contributed by atoms with E-state index in [0.717, 1.165) is 35.1 Å². The second-order valence-corrected chi connectivity index (χ2v) is 6.14. The van der Waals surface area contributed by atoms with E-state index in [0.29, 0.717) is 6.42 Å². The lowest BCUT2D eigenvalue weighted by Gasteiger charge is -2.22. The third-order valence-corrected chi connectivity index (χ3v) is 4.50. The maximum absolute atomic E-state index is 12.0. The van der Waals surface area contributed by atoms with Crippen LogP contribution in [0.5, 0.6) is 0 Å². The Hall–Kier alpha value is -1.21. The molecule has 1 aliphatic heterocycles. The van der Waals surface area contributed by atoms with Gasteiger partial charge >= 0.3 is 0 Å². The minimum Gasteiger partial charge on any atom is -0.345 e. The molecule has 2 heterocycles. The molecule has 0 aliphatic carbocycles. The number of thioether (sulfide) groups is 1. The van der Waals surface area contributed by atoms with Crippen molar-refractivity contribution in [2.45, 2.75) is 12.5 Å². The second-order valence-electron chi connectivity index (χ2n) is 4.99. The maximum atomic E-state index is 12.0. The Morgan fingerprint density at radius 3 is 2.70 bits per heavy atom. The van der Waals surface area contributed by atoms with E-state index < -0.39 is 0 Å². The van der Waals surface area contributed by atoms with E-state index in [1.54, 1.807) is 12.4 Å². The number of imidazole rings is 1. The highest BCUT2D eigenvalue weighted by Crippen LogP contribution is 2.18. The summed E-state index contributed by atoms with van der Waals surface area (Å²) < 4.78 is 0. The van der Waals surface area contributed by atoms with Gasteiger partial charge in [0.15, 0.2) is 0 Å². The SMILES string of the molecule is Cl.Cl.O=C(CC1CSCCN1)Nc1ccc(-c2ncc[nH]2)cc1. The predicted octanol–water partition coefficient (Wildman–Crippen LogP) is 2.95. The summed E-state index contributed by atoms with van der Waals surface area (Å²) in [6.07, 6.45) is 4.04. The first kappa shape index (κ1) is 19.8. The van der Waals surface area contributed by atoms with Crippen LogP contribution in [0.1, 0.15) is 6.42 Å². The van der Waals surface area contributed by atoms with Gasteiger partial charge in [-0.3, -0.25) is 4.79 Å². The van der Waals surface area contributed by atoms with Crippen molar-refractivity contribution in [2.75, 3.05) is 23.4 Å². The summed E-state index contributed by atoms with van der Waals surface area (Å²) in [7, 11) is 0. The minimum atomic E-state index is 0. The number of H-pyrrole nitrogens is 1. The molecule has 3 N–H and O–H groups in total. The van der Waals surface area contributed by atoms with Crippen molar-refractivity contribution in [3.63, 3.8) is 0 Å². The number of halogens is 2. The topological polar surface area (TPSA) is 69.8 Å². The molecule has 0 saturated carbocycles. The number of benzene rings is 1. The summed E-state index contributed by atoms with van der Waals surface area (Å²) in [6, 6.07) is 7.98. The van der Waals surface area contributed by atoms with Crippen LogP contribution >= 0.6 is 36.6 Å². The minimum absolute atomic E-state index is 0. The zero-order valence-corrected chi connectivity index (χ0v) is 14.9. The summed E-state index contributed by atoms with van der Waals surface area (Å²) in [5, 5.41) is 6.31. The van der Waals surface area contributed by atoms with Gasteiger partial charge in [0, 0.05) is 54.2 Å². The van der Waals surface area contributed by atoms with Crippen LogP contribution in [0.3, 0.4) is 0 Å². The highest BCUT2D eigenvalue weighted by atomic mass is 35.5. The highest BCUT2D eigenvalue weighted by molar-refractivity contribution is 7.99. The van der Waals surface area contributed by atoms with Gasteiger partial charge < -0.3 is 15.6 Å². The third kappa shape index (κ3) is 5.73. The Morgan fingerprint density at radius 2 is 2.09 bits per heavy atom. The first-order valence-electron chi connectivity index (χ1n) is 7.02. The molecule has 126 valence electrons. The number of nitrogens with zero attached hydrogens (tertiary/aromatic N) is 1. The molecular formula is C15H20Cl2N4OS. The van der Waals surface area contributed by atoms with Gasteiger partial charge in [0.25, 0.3) is 0 Å². The van der Waals surface area contributed by atoms with Crippen molar-refractivity contribution in [1.82, 2.24) is 15.3 Å². The van der Waals surface area contributed by atoms with Gasteiger partial charge in [0.2, 0.25) is 5.91 Å². The quantitative estimate of drug-likeness (QED) is 0.769. The van der Waals surface area contributed by atoms with Crippen molar-refractivity contribution in [1.29, 1.82) is 0 Å². The first-order chi connectivity index (χ1) is 10.3. The fourth-order valence-corrected chi connectivity index (χ4v) is 3.27. The molecule has 2 aromatic rings. The average Bonchev–Trinajstić information content (AvgIpc) is 3.03. The summed E-state index contributed by atoms with van der Waals surface area (Å²) in [6.45, 7) is 0.987. The molecule has 1 aromatic heterocycles. The molecule has 1 atom stereocenters. The summed E-state index contributed by atoms with van der Waals surface area (Å²) in [4.78, 5) is 19.3. The van der Waals surface area contributed by atoms with Gasteiger partial charge in [-0.1, -0.05) is 0 Å². The standard InChI is InChI=1S/C15H18N4OS.2ClH/c20-14(9-13-10-21-8-7-16-13)19-12-3-1-11(2-4-12)15-17-5-6-18-15;;/h1-6,13,16H,7-10H2,(H,17,18)(H,19,20);2*1H. The summed E-state index contributed by atoms with van der Waals surface area (Å²) in [5.41, 5.74) is 1.82. The van der Waals surface area contributed by atoms with Crippen LogP contribution in [-0.4, -0.2) is 40.0 Å². The van der Waals surface area contributed by atoms with Crippen LogP contribution < -0.4 is 10.6 Å². The number of aromatic nitrogens is 2. The molecule has 8 heteroatoms. The molecule has 1 unspecified atom stereocenters. The van der Waals surface area contributed by atoms with Crippen molar-refractivity contribution < 1.29 is 4.79 Å². The van der Waals surface area contributed by atoms with E-state index in [-0.39, 0.29) is 36.8 Å². The number of carbonyl (C=O) groups excluding carboxylic acids is 1. The monoisotopic (exact) mass is 374 g/mol. The van der Waals surface area contributed by atoms with Gasteiger partial charge in [0.1, 0.15) is 5.82 Å². The number of amides is 1. The molecule has 0 spiro atoms. The second kappa shape index (κ2) is 9.82. The molecule has 23 heavy (non-hydrogen) atoms. The normalized spacial score (nSPS) is 16.8. The van der Waals surface area contributed by atoms with Gasteiger partial charge in [-0.15, -0.1) is 24.8 Å². The number of rotatable bonds is 4. The van der Waals surface area contributed by atoms with Gasteiger partial charge in [-0.05, 0) is 24.3 Å². The number of hydrogen-bond donors (Lipinski definition) is 3. The summed E-state index contributed by atoms with van der Waals surface area (Å²) in [5.74, 6) is 3.02. The fraction of sp³-hybridized carbons (Fsp3) is 0.333. The molecule has 1 amide bonds. The molecule has 1 aromatic carbocycles. The van der Waals surface area contributed by atoms with Crippen molar-refractivity contribution in [3.8, 4) is 11.4 Å². The van der Waals surface area contributed by atoms with Crippen LogP contribution in [0, 0.1) is 0 Å². The smallest absolute Gasteiger partial charge is 0.225 e. The Morgan fingerprint density at radius 1 is 1.30 bits per heavy atom. The molecule has 1 fully saturated rings. The Kier molecular flexibility index (Phi) is 8.47. The molecule has 1 saturated heterocycles. The van der Waals surface area contributed by atoms with Crippen molar-refractivity contribution >= 4 is 48.2 Å². The zero-order valence-electron chi connectivity index (χ0n) is 12.5. The average molecular weight is 375 g/mol. The molecule has 5 nitrogen and oxygen atoms in total. The number of anilines is 1. The predicted molar refractivity (Wildman–Crippen MR) is 101 cm³/mol. The van der Waals surface area contributed by atoms with E-state index in [1.807, 2.05) is 36.0 Å². The highest BCUT2D eigenvalue weighted by Gasteiger charge is 2.16. The van der Waals surface area contributed by atoms with Crippen LogP contribution in [-0.2, 0) is 4.79 Å². The van der Waals surface area contributed by atoms with E-state index in [4.69, 9.17) is 0 Å². The third-order valence-electron chi connectivity index (χ3n) is 3.37. The van der Waals surface area contributed by atoms with Crippen molar-refractivity contribution in [3.05, 3.63) is 36.7 Å². The number of carbonyl (C=O) groups is 1. The Balaban J connectivity index is 0.00000132. The lowest BCUT2D eigenvalue weighted by Crippen LogP contribution is -2.39. The number of nitrogens with one attached hydrogen (secondary N) is 3. The lowest BCUT2D eigenvalue weighted by molar-refractivity contribution is -0.116. The van der Waals surface area contributed by atoms with E-state index >= 15 is 0 Å². The Bertz CT molecular complexity index is 586. The molecule has 1 aliphatic rings. The Labute approximate surface area is 152 Å². The number of hydrogen-bond acceptors (Lipinski definition) is 4. The molecular weight excluding hydrogens is 355 g/mol. The molecule has 0 radical (unpaired) electrons. The number of aromatic amines is 1. The van der Waals surface area contributed by atoms with Crippen LogP contribution in [0.4, 0.5) is 5.69 Å². The van der Waals surface area contributed by atoms with Gasteiger partial charge in [-0.2, -0.15) is 11.8 Å². The van der Waals surface area contributed by atoms with Crippen LogP contribution in [0.2, 0.25) is 0 Å². The van der Waals surface area contributed by atoms with Gasteiger partial charge in [0.05, 0.1) is 0 Å². The van der Waals surface area contributed by atoms with Crippen LogP contribution in [0.25, 0.3) is 11.4 Å².